The van der Waals surface area contributed by atoms with E-state index in [1.54, 1.807) is 6.08 Å². The summed E-state index contributed by atoms with van der Waals surface area (Å²) in [6, 6.07) is 0. The van der Waals surface area contributed by atoms with Gasteiger partial charge in [0.05, 0.1) is 0 Å². The van der Waals surface area contributed by atoms with Gasteiger partial charge in [-0.2, -0.15) is 0 Å². The minimum absolute atomic E-state index is 0.394. The summed E-state index contributed by atoms with van der Waals surface area (Å²) in [5.74, 6) is -0.394. The number of rotatable bonds is 1. The molecule has 0 unspecified atom stereocenters. The molecule has 0 aliphatic heterocycles. The standard InChI is InChI=1S/C8H9NO/c1-6-4-2-3-5-7(6)8(9)10/h2-3,5H,1,4H2,(H2,9,10). The minimum Gasteiger partial charge on any atom is -0.366 e. The normalized spacial score (nSPS) is 16.8. The molecule has 0 atom stereocenters. The van der Waals surface area contributed by atoms with Crippen LogP contribution >= 0.6 is 0 Å². The number of nitrogens with two attached hydrogens (primary N) is 1. The molecule has 0 aromatic carbocycles. The van der Waals surface area contributed by atoms with E-state index >= 15 is 0 Å². The molecule has 0 heterocycles. The molecule has 2 N–H and O–H groups in total. The van der Waals surface area contributed by atoms with Crippen molar-refractivity contribution in [2.45, 2.75) is 6.42 Å². The molecular formula is C8H9NO. The van der Waals surface area contributed by atoms with Gasteiger partial charge in [-0.1, -0.05) is 18.7 Å². The Balaban J connectivity index is 2.91. The summed E-state index contributed by atoms with van der Waals surface area (Å²) in [6.45, 7) is 3.70. The molecular weight excluding hydrogens is 126 g/mol. The number of hydrogen-bond acceptors (Lipinski definition) is 1. The van der Waals surface area contributed by atoms with Crippen LogP contribution in [0.1, 0.15) is 6.42 Å². The molecule has 0 aromatic heterocycles. The Kier molecular flexibility index (Phi) is 1.71. The molecule has 0 aromatic rings. The van der Waals surface area contributed by atoms with Crippen LogP contribution in [0.25, 0.3) is 0 Å². The topological polar surface area (TPSA) is 43.1 Å². The third-order valence-corrected chi connectivity index (χ3v) is 1.41. The van der Waals surface area contributed by atoms with Gasteiger partial charge >= 0.3 is 0 Å². The maximum atomic E-state index is 10.6. The third-order valence-electron chi connectivity index (χ3n) is 1.41. The van der Waals surface area contributed by atoms with Crippen molar-refractivity contribution >= 4 is 5.91 Å². The Morgan fingerprint density at radius 2 is 2.40 bits per heavy atom. The third kappa shape index (κ3) is 1.16. The lowest BCUT2D eigenvalue weighted by Gasteiger charge is -2.06. The lowest BCUT2D eigenvalue weighted by molar-refractivity contribution is -0.114. The molecule has 0 fully saturated rings. The van der Waals surface area contributed by atoms with Gasteiger partial charge in [0, 0.05) is 5.57 Å². The van der Waals surface area contributed by atoms with E-state index in [0.29, 0.717) is 5.57 Å². The number of carbonyl (C=O) groups excluding carboxylic acids is 1. The van der Waals surface area contributed by atoms with E-state index < -0.39 is 5.91 Å². The first kappa shape index (κ1) is 6.81. The zero-order chi connectivity index (χ0) is 7.56. The second kappa shape index (κ2) is 2.52. The summed E-state index contributed by atoms with van der Waals surface area (Å²) in [4.78, 5) is 10.6. The maximum absolute atomic E-state index is 10.6. The molecule has 1 amide bonds. The van der Waals surface area contributed by atoms with Gasteiger partial charge < -0.3 is 5.73 Å². The molecule has 1 aliphatic carbocycles. The molecule has 1 aliphatic rings. The second-order valence-corrected chi connectivity index (χ2v) is 2.18. The van der Waals surface area contributed by atoms with Gasteiger partial charge in [-0.05, 0) is 18.1 Å². The monoisotopic (exact) mass is 135 g/mol. The predicted molar refractivity (Wildman–Crippen MR) is 40.2 cm³/mol. The first-order valence-corrected chi connectivity index (χ1v) is 3.06. The Bertz CT molecular complexity index is 236. The molecule has 2 nitrogen and oxygen atoms in total. The zero-order valence-corrected chi connectivity index (χ0v) is 5.63. The van der Waals surface area contributed by atoms with Gasteiger partial charge in [0.2, 0.25) is 5.91 Å². The summed E-state index contributed by atoms with van der Waals surface area (Å²) in [5, 5.41) is 0. The Morgan fingerprint density at radius 3 is 2.80 bits per heavy atom. The Labute approximate surface area is 59.7 Å². The summed E-state index contributed by atoms with van der Waals surface area (Å²) in [7, 11) is 0. The van der Waals surface area contributed by atoms with E-state index in [1.807, 2.05) is 12.2 Å². The van der Waals surface area contributed by atoms with Crippen molar-refractivity contribution in [3.05, 3.63) is 36.0 Å². The van der Waals surface area contributed by atoms with Crippen molar-refractivity contribution in [1.29, 1.82) is 0 Å². The number of carbonyl (C=O) groups is 1. The molecule has 1 rings (SSSR count). The van der Waals surface area contributed by atoms with Gasteiger partial charge in [-0.25, -0.2) is 0 Å². The summed E-state index contributed by atoms with van der Waals surface area (Å²) in [6.07, 6.45) is 6.17. The average molecular weight is 135 g/mol. The van der Waals surface area contributed by atoms with E-state index in [0.717, 1.165) is 12.0 Å². The van der Waals surface area contributed by atoms with Crippen LogP contribution in [-0.2, 0) is 4.79 Å². The van der Waals surface area contributed by atoms with Gasteiger partial charge in [0.15, 0.2) is 0 Å². The Hall–Kier alpha value is -1.31. The summed E-state index contributed by atoms with van der Waals surface area (Å²) in [5.41, 5.74) is 6.40. The lowest BCUT2D eigenvalue weighted by Crippen LogP contribution is -2.15. The van der Waals surface area contributed by atoms with E-state index in [-0.39, 0.29) is 0 Å². The van der Waals surface area contributed by atoms with E-state index in [9.17, 15) is 4.79 Å². The van der Waals surface area contributed by atoms with Crippen molar-refractivity contribution in [3.63, 3.8) is 0 Å². The largest absolute Gasteiger partial charge is 0.366 e. The van der Waals surface area contributed by atoms with Crippen LogP contribution in [0.15, 0.2) is 36.0 Å². The highest BCUT2D eigenvalue weighted by atomic mass is 16.1. The van der Waals surface area contributed by atoms with E-state index in [2.05, 4.69) is 6.58 Å². The highest BCUT2D eigenvalue weighted by molar-refractivity contribution is 5.97. The molecule has 0 radical (unpaired) electrons. The number of amides is 1. The van der Waals surface area contributed by atoms with Crippen LogP contribution in [0, 0.1) is 0 Å². The minimum atomic E-state index is -0.394. The summed E-state index contributed by atoms with van der Waals surface area (Å²) < 4.78 is 0. The maximum Gasteiger partial charge on any atom is 0.248 e. The highest BCUT2D eigenvalue weighted by Crippen LogP contribution is 2.16. The lowest BCUT2D eigenvalue weighted by atomic mass is 10.00. The highest BCUT2D eigenvalue weighted by Gasteiger charge is 2.08. The molecule has 10 heavy (non-hydrogen) atoms. The second-order valence-electron chi connectivity index (χ2n) is 2.18. The van der Waals surface area contributed by atoms with Crippen LogP contribution in [0.3, 0.4) is 0 Å². The number of allylic oxidation sites excluding steroid dienone is 3. The molecule has 0 saturated carbocycles. The predicted octanol–water partition coefficient (Wildman–Crippen LogP) is 0.914. The zero-order valence-electron chi connectivity index (χ0n) is 5.63. The van der Waals surface area contributed by atoms with Crippen molar-refractivity contribution in [2.24, 2.45) is 5.73 Å². The fraction of sp³-hybridized carbons (Fsp3) is 0.125. The van der Waals surface area contributed by atoms with Crippen molar-refractivity contribution in [2.75, 3.05) is 0 Å². The van der Waals surface area contributed by atoms with Gasteiger partial charge in [0.1, 0.15) is 0 Å². The smallest absolute Gasteiger partial charge is 0.248 e. The van der Waals surface area contributed by atoms with Crippen LogP contribution in [0.2, 0.25) is 0 Å². The van der Waals surface area contributed by atoms with Gasteiger partial charge in [-0.15, -0.1) is 0 Å². The molecule has 0 bridgehead atoms. The van der Waals surface area contributed by atoms with Crippen molar-refractivity contribution < 1.29 is 4.79 Å². The first-order valence-electron chi connectivity index (χ1n) is 3.06. The molecule has 2 heteroatoms. The fourth-order valence-corrected chi connectivity index (χ4v) is 0.859. The van der Waals surface area contributed by atoms with Crippen LogP contribution in [-0.4, -0.2) is 5.91 Å². The molecule has 0 saturated heterocycles. The van der Waals surface area contributed by atoms with Crippen molar-refractivity contribution in [1.82, 2.24) is 0 Å². The summed E-state index contributed by atoms with van der Waals surface area (Å²) >= 11 is 0. The van der Waals surface area contributed by atoms with Crippen LogP contribution < -0.4 is 5.73 Å². The van der Waals surface area contributed by atoms with Crippen LogP contribution in [0.4, 0.5) is 0 Å². The average Bonchev–Trinajstić information content (AvgIpc) is 1.88. The van der Waals surface area contributed by atoms with Gasteiger partial charge in [0.25, 0.3) is 0 Å². The fourth-order valence-electron chi connectivity index (χ4n) is 0.859. The van der Waals surface area contributed by atoms with Crippen molar-refractivity contribution in [3.8, 4) is 0 Å². The van der Waals surface area contributed by atoms with Crippen LogP contribution in [0.5, 0.6) is 0 Å². The molecule has 52 valence electrons. The first-order chi connectivity index (χ1) is 4.72. The van der Waals surface area contributed by atoms with Gasteiger partial charge in [-0.3, -0.25) is 4.79 Å². The SMILES string of the molecule is C=C1CC=CC=C1C(N)=O. The van der Waals surface area contributed by atoms with E-state index in [4.69, 9.17) is 5.73 Å². The van der Waals surface area contributed by atoms with E-state index in [1.165, 1.54) is 0 Å². The quantitative estimate of drug-likeness (QED) is 0.570. The number of hydrogen-bond donors (Lipinski definition) is 1. The molecule has 0 spiro atoms. The number of primary amides is 1. The Morgan fingerprint density at radius 1 is 1.70 bits per heavy atom.